The summed E-state index contributed by atoms with van der Waals surface area (Å²) in [6, 6.07) is 7.44. The molecule has 0 spiro atoms. The van der Waals surface area contributed by atoms with Crippen molar-refractivity contribution in [1.82, 2.24) is 0 Å². The highest BCUT2D eigenvalue weighted by atomic mass is 35.5. The maximum absolute atomic E-state index is 12.5. The second-order valence-electron chi connectivity index (χ2n) is 2.29. The van der Waals surface area contributed by atoms with Gasteiger partial charge in [-0.3, -0.25) is 0 Å². The third kappa shape index (κ3) is 3.14. The van der Waals surface area contributed by atoms with Gasteiger partial charge in [0.25, 0.3) is 0 Å². The first-order chi connectivity index (χ1) is 6.00. The molecule has 1 aromatic rings. The summed E-state index contributed by atoms with van der Waals surface area (Å²) in [5.41, 5.74) is 0. The summed E-state index contributed by atoms with van der Waals surface area (Å²) in [5.74, 6) is 0.00956. The van der Waals surface area contributed by atoms with Crippen LogP contribution in [0.4, 0.5) is 13.2 Å². The van der Waals surface area contributed by atoms with E-state index < -0.39 is 11.7 Å². The Morgan fingerprint density at radius 3 is 2.23 bits per heavy atom. The molecule has 1 aromatic carbocycles. The lowest BCUT2D eigenvalue weighted by Crippen LogP contribution is -2.28. The fourth-order valence-electron chi connectivity index (χ4n) is 0.685. The molecule has 0 aromatic heterocycles. The Morgan fingerprint density at radius 1 is 1.23 bits per heavy atom. The van der Waals surface area contributed by atoms with Crippen LogP contribution in [0.5, 0.6) is 5.75 Å². The summed E-state index contributed by atoms with van der Waals surface area (Å²) in [6.45, 7) is 0. The fourth-order valence-corrected chi connectivity index (χ4v) is 0.730. The number of rotatable bonds is 3. The van der Waals surface area contributed by atoms with E-state index in [1.807, 2.05) is 0 Å². The van der Waals surface area contributed by atoms with E-state index in [0.717, 1.165) is 0 Å². The molecule has 5 heteroatoms. The molecule has 0 aliphatic heterocycles. The highest BCUT2D eigenvalue weighted by molar-refractivity contribution is 6.22. The molecule has 1 unspecified atom stereocenters. The quantitative estimate of drug-likeness (QED) is 0.697. The number of ether oxygens (including phenoxy) is 1. The van der Waals surface area contributed by atoms with Crippen molar-refractivity contribution in [2.24, 2.45) is 0 Å². The van der Waals surface area contributed by atoms with Gasteiger partial charge in [-0.15, -0.1) is 0 Å². The Bertz CT molecular complexity index is 260. The fraction of sp³-hybridized carbons (Fsp3) is 0.250. The van der Waals surface area contributed by atoms with Crippen molar-refractivity contribution in [3.63, 3.8) is 0 Å². The highest BCUT2D eigenvalue weighted by Gasteiger charge is 2.39. The lowest BCUT2D eigenvalue weighted by Gasteiger charge is -2.14. The second-order valence-corrected chi connectivity index (χ2v) is 2.79. The smallest absolute Gasteiger partial charge is 0.387 e. The lowest BCUT2D eigenvalue weighted by molar-refractivity contribution is -0.0971. The molecule has 0 fully saturated rings. The molecule has 72 valence electrons. The maximum atomic E-state index is 12.5. The van der Waals surface area contributed by atoms with E-state index in [1.165, 1.54) is 24.3 Å². The number of hydrogen-bond acceptors (Lipinski definition) is 1. The molecule has 0 aliphatic rings. The van der Waals surface area contributed by atoms with Crippen LogP contribution in [-0.4, -0.2) is 11.7 Å². The summed E-state index contributed by atoms with van der Waals surface area (Å²) in [4.78, 5) is 0. The number of benzene rings is 1. The molecule has 1 nitrogen and oxygen atoms in total. The Morgan fingerprint density at radius 2 is 1.77 bits per heavy atom. The SMILES string of the molecule is FC(Oc1ccccc1)C(F)(F)Cl. The zero-order chi connectivity index (χ0) is 9.90. The van der Waals surface area contributed by atoms with E-state index in [1.54, 1.807) is 6.07 Å². The van der Waals surface area contributed by atoms with Crippen molar-refractivity contribution in [3.8, 4) is 5.75 Å². The predicted molar refractivity (Wildman–Crippen MR) is 42.8 cm³/mol. The van der Waals surface area contributed by atoms with Crippen LogP contribution in [0.2, 0.25) is 0 Å². The normalized spacial score (nSPS) is 13.8. The second kappa shape index (κ2) is 3.87. The third-order valence-corrected chi connectivity index (χ3v) is 1.41. The van der Waals surface area contributed by atoms with Crippen LogP contribution in [0.25, 0.3) is 0 Å². The molecule has 0 N–H and O–H groups in total. The summed E-state index contributed by atoms with van der Waals surface area (Å²) in [6.07, 6.45) is -2.84. The van der Waals surface area contributed by atoms with Crippen molar-refractivity contribution in [1.29, 1.82) is 0 Å². The number of alkyl halides is 4. The first kappa shape index (κ1) is 10.2. The molecular formula is C8H6ClF3O. The highest BCUT2D eigenvalue weighted by Crippen LogP contribution is 2.28. The molecule has 0 amide bonds. The predicted octanol–water partition coefficient (Wildman–Crippen LogP) is 3.19. The van der Waals surface area contributed by atoms with Gasteiger partial charge < -0.3 is 4.74 Å². The zero-order valence-electron chi connectivity index (χ0n) is 6.38. The van der Waals surface area contributed by atoms with Crippen LogP contribution >= 0.6 is 11.6 Å². The summed E-state index contributed by atoms with van der Waals surface area (Å²) in [5, 5.41) is -4.00. The summed E-state index contributed by atoms with van der Waals surface area (Å²) in [7, 11) is 0. The van der Waals surface area contributed by atoms with Gasteiger partial charge >= 0.3 is 11.7 Å². The monoisotopic (exact) mass is 210 g/mol. The van der Waals surface area contributed by atoms with Crippen molar-refractivity contribution in [2.75, 3.05) is 0 Å². The van der Waals surface area contributed by atoms with Gasteiger partial charge in [0.05, 0.1) is 0 Å². The van der Waals surface area contributed by atoms with Crippen molar-refractivity contribution < 1.29 is 17.9 Å². The van der Waals surface area contributed by atoms with E-state index in [4.69, 9.17) is 0 Å². The van der Waals surface area contributed by atoms with Crippen LogP contribution in [0.15, 0.2) is 30.3 Å². The first-order valence-corrected chi connectivity index (χ1v) is 3.80. The summed E-state index contributed by atoms with van der Waals surface area (Å²) < 4.78 is 40.9. The third-order valence-electron chi connectivity index (χ3n) is 1.24. The van der Waals surface area contributed by atoms with E-state index in [9.17, 15) is 13.2 Å². The number of hydrogen-bond donors (Lipinski definition) is 0. The van der Waals surface area contributed by atoms with Gasteiger partial charge in [0, 0.05) is 0 Å². The average Bonchev–Trinajstić information content (AvgIpc) is 2.04. The topological polar surface area (TPSA) is 9.23 Å². The zero-order valence-corrected chi connectivity index (χ0v) is 7.14. The minimum Gasteiger partial charge on any atom is -0.453 e. The van der Waals surface area contributed by atoms with Gasteiger partial charge in [-0.1, -0.05) is 18.2 Å². The maximum Gasteiger partial charge on any atom is 0.387 e. The van der Waals surface area contributed by atoms with Gasteiger partial charge in [-0.2, -0.15) is 13.2 Å². The first-order valence-electron chi connectivity index (χ1n) is 3.42. The van der Waals surface area contributed by atoms with Gasteiger partial charge in [0.2, 0.25) is 0 Å². The van der Waals surface area contributed by atoms with E-state index in [2.05, 4.69) is 16.3 Å². The van der Waals surface area contributed by atoms with E-state index >= 15 is 0 Å². The lowest BCUT2D eigenvalue weighted by atomic mass is 10.3. The van der Waals surface area contributed by atoms with Crippen LogP contribution in [0.1, 0.15) is 0 Å². The van der Waals surface area contributed by atoms with E-state index in [-0.39, 0.29) is 5.75 Å². The molecule has 0 bridgehead atoms. The van der Waals surface area contributed by atoms with Crippen LogP contribution in [0.3, 0.4) is 0 Å². The summed E-state index contributed by atoms with van der Waals surface area (Å²) >= 11 is 4.40. The Hall–Kier alpha value is -0.900. The number of halogens is 4. The van der Waals surface area contributed by atoms with Gasteiger partial charge in [0.1, 0.15) is 5.75 Å². The van der Waals surface area contributed by atoms with E-state index in [0.29, 0.717) is 0 Å². The molecule has 0 saturated carbocycles. The van der Waals surface area contributed by atoms with Crippen molar-refractivity contribution in [2.45, 2.75) is 11.7 Å². The Labute approximate surface area is 78.1 Å². The van der Waals surface area contributed by atoms with Crippen molar-refractivity contribution in [3.05, 3.63) is 30.3 Å². The molecular weight excluding hydrogens is 205 g/mol. The van der Waals surface area contributed by atoms with Gasteiger partial charge in [-0.25, -0.2) is 0 Å². The minimum atomic E-state index is -4.00. The Balaban J connectivity index is 2.61. The molecule has 0 saturated heterocycles. The van der Waals surface area contributed by atoms with Gasteiger partial charge in [-0.05, 0) is 23.7 Å². The number of para-hydroxylation sites is 1. The van der Waals surface area contributed by atoms with Crippen LogP contribution in [0, 0.1) is 0 Å². The standard InChI is InChI=1S/C8H6ClF3O/c9-8(11,12)7(10)13-6-4-2-1-3-5-6/h1-5,7H. The molecule has 0 heterocycles. The van der Waals surface area contributed by atoms with Crippen LogP contribution < -0.4 is 4.74 Å². The molecule has 1 rings (SSSR count). The molecule has 0 radical (unpaired) electrons. The van der Waals surface area contributed by atoms with Gasteiger partial charge in [0.15, 0.2) is 0 Å². The van der Waals surface area contributed by atoms with Crippen molar-refractivity contribution >= 4 is 11.6 Å². The average molecular weight is 211 g/mol. The Kier molecular flexibility index (Phi) is 3.03. The minimum absolute atomic E-state index is 0.00956. The largest absolute Gasteiger partial charge is 0.453 e. The molecule has 13 heavy (non-hydrogen) atoms. The van der Waals surface area contributed by atoms with Crippen LogP contribution in [-0.2, 0) is 0 Å². The molecule has 1 atom stereocenters. The molecule has 0 aliphatic carbocycles.